The first kappa shape index (κ1) is 42.7. The zero-order valence-corrected chi connectivity index (χ0v) is 34.7. The zero-order chi connectivity index (χ0) is 50.9. The van der Waals surface area contributed by atoms with Gasteiger partial charge in [-0.3, -0.25) is 4.94 Å². The van der Waals surface area contributed by atoms with Crippen molar-refractivity contribution in [3.05, 3.63) is 175 Å². The Hall–Kier alpha value is -9.16. The molecule has 4 aliphatic rings. The fraction of sp³-hybridized carbons (Fsp3) is 0. The monoisotopic (exact) mass is 1020 g/mol. The van der Waals surface area contributed by atoms with E-state index in [4.69, 9.17) is 4.94 Å². The Balaban J connectivity index is 1.23. The van der Waals surface area contributed by atoms with Crippen molar-refractivity contribution < 1.29 is 75.2 Å². The maximum Gasteiger partial charge on any atom is 0.198 e. The van der Waals surface area contributed by atoms with Gasteiger partial charge in [-0.2, -0.15) is 0 Å². The lowest BCUT2D eigenvalue weighted by Gasteiger charge is -2.12. The molecule has 0 radical (unpaired) electrons. The maximum absolute atomic E-state index is 15.7. The molecule has 0 fully saturated rings. The lowest BCUT2D eigenvalue weighted by atomic mass is 9.99. The van der Waals surface area contributed by atoms with Crippen LogP contribution >= 0.6 is 0 Å². The van der Waals surface area contributed by atoms with Crippen LogP contribution in [0.3, 0.4) is 0 Å². The van der Waals surface area contributed by atoms with E-state index in [1.54, 1.807) is 0 Å². The molecular formula is C48H8F16N8O. The van der Waals surface area contributed by atoms with Gasteiger partial charge in [-0.25, -0.2) is 100 Å². The molecule has 2 aromatic heterocycles. The molecule has 8 aromatic carbocycles. The van der Waals surface area contributed by atoms with Crippen molar-refractivity contribution in [2.75, 3.05) is 0 Å². The van der Waals surface area contributed by atoms with Gasteiger partial charge in [0.15, 0.2) is 139 Å². The van der Waals surface area contributed by atoms with Crippen LogP contribution in [0.2, 0.25) is 0 Å². The highest BCUT2D eigenvalue weighted by molar-refractivity contribution is 6.27. The fourth-order valence-corrected chi connectivity index (χ4v) is 9.53. The molecule has 0 unspecified atom stereocenters. The van der Waals surface area contributed by atoms with Gasteiger partial charge in [-0.1, -0.05) is 0 Å². The van der Waals surface area contributed by atoms with E-state index in [0.29, 0.717) is 9.46 Å². The first-order valence-electron chi connectivity index (χ1n) is 20.6. The summed E-state index contributed by atoms with van der Waals surface area (Å²) in [5.41, 5.74) is -2.67. The average molecular weight is 1020 g/mol. The highest BCUT2D eigenvalue weighted by atomic mass is 19.2. The molecule has 9 nitrogen and oxygen atoms in total. The lowest BCUT2D eigenvalue weighted by Crippen LogP contribution is -2.37. The number of rotatable bonds is 0. The van der Waals surface area contributed by atoms with Crippen molar-refractivity contribution in [3.8, 4) is 0 Å². The summed E-state index contributed by atoms with van der Waals surface area (Å²) in [6.07, 6.45) is 0. The van der Waals surface area contributed by atoms with E-state index < -0.39 is 204 Å². The highest BCUT2D eigenvalue weighted by Crippen LogP contribution is 2.45. The molecule has 14 rings (SSSR count). The van der Waals surface area contributed by atoms with Crippen LogP contribution in [0.1, 0.15) is 22.3 Å². The topological polar surface area (TPSA) is 93.2 Å². The number of benzene rings is 8. The minimum absolute atomic E-state index is 0.339. The van der Waals surface area contributed by atoms with Gasteiger partial charge in [-0.15, -0.1) is 9.46 Å². The van der Waals surface area contributed by atoms with Gasteiger partial charge in [0.25, 0.3) is 0 Å². The first-order chi connectivity index (χ1) is 34.8. The van der Waals surface area contributed by atoms with E-state index in [1.165, 1.54) is 0 Å². The van der Waals surface area contributed by atoms with E-state index in [-0.39, 0.29) is 22.3 Å². The van der Waals surface area contributed by atoms with Crippen molar-refractivity contribution in [3.63, 3.8) is 0 Å². The number of amidine groups is 4. The Kier molecular flexibility index (Phi) is 8.09. The Morgan fingerprint density at radius 2 is 0.466 bits per heavy atom. The summed E-state index contributed by atoms with van der Waals surface area (Å²) in [6, 6.07) is 6.14. The van der Waals surface area contributed by atoms with E-state index >= 15 is 35.1 Å². The van der Waals surface area contributed by atoms with E-state index in [0.717, 1.165) is 48.5 Å². The second-order valence-electron chi connectivity index (χ2n) is 16.7. The fourth-order valence-electron chi connectivity index (χ4n) is 9.53. The van der Waals surface area contributed by atoms with Crippen molar-refractivity contribution in [2.45, 2.75) is 0 Å². The predicted octanol–water partition coefficient (Wildman–Crippen LogP) is 11.3. The Labute approximate surface area is 388 Å². The molecular weight excluding hydrogens is 1010 g/mol. The normalized spacial score (nSPS) is 14.4. The molecule has 0 atom stereocenters. The van der Waals surface area contributed by atoms with Gasteiger partial charge in [0, 0.05) is 86.9 Å². The van der Waals surface area contributed by atoms with Crippen LogP contribution in [0.4, 0.5) is 81.9 Å². The molecule has 4 aliphatic heterocycles. The first-order valence-corrected chi connectivity index (χ1v) is 20.6. The molecule has 73 heavy (non-hydrogen) atoms. The molecule has 0 amide bonds. The largest absolute Gasteiger partial charge is 0.275 e. The third kappa shape index (κ3) is 5.23. The third-order valence-corrected chi connectivity index (χ3v) is 13.0. The highest BCUT2D eigenvalue weighted by Gasteiger charge is 2.35. The predicted molar refractivity (Wildman–Crippen MR) is 226 cm³/mol. The van der Waals surface area contributed by atoms with Crippen molar-refractivity contribution in [2.24, 2.45) is 30.0 Å². The van der Waals surface area contributed by atoms with E-state index in [1.807, 2.05) is 0 Å². The second kappa shape index (κ2) is 13.8. The van der Waals surface area contributed by atoms with Gasteiger partial charge < -0.3 is 0 Å². The smallest absolute Gasteiger partial charge is 0.198 e. The zero-order valence-electron chi connectivity index (χ0n) is 34.7. The lowest BCUT2D eigenvalue weighted by molar-refractivity contribution is 0.0302. The van der Waals surface area contributed by atoms with E-state index in [9.17, 15) is 35.1 Å². The number of halogens is 16. The maximum atomic E-state index is 15.7. The number of aliphatic imine (C=N–C) groups is 4. The molecule has 0 aliphatic carbocycles. The number of hydrogen-bond donors (Lipinski definition) is 0. The van der Waals surface area contributed by atoms with Crippen molar-refractivity contribution >= 4 is 99.6 Å². The van der Waals surface area contributed by atoms with Crippen LogP contribution in [-0.4, -0.2) is 32.8 Å². The minimum Gasteiger partial charge on any atom is -0.275 e. The molecule has 6 bridgehead atoms. The Morgan fingerprint density at radius 3 is 0.740 bits per heavy atom. The van der Waals surface area contributed by atoms with Crippen LogP contribution in [0.5, 0.6) is 0 Å². The third-order valence-electron chi connectivity index (χ3n) is 13.0. The van der Waals surface area contributed by atoms with Crippen LogP contribution < -0.4 is 15.9 Å². The van der Waals surface area contributed by atoms with Crippen LogP contribution in [0.25, 0.3) is 64.6 Å². The summed E-state index contributed by atoms with van der Waals surface area (Å²) in [7, 11) is 0. The number of hydrogen-bond acceptors (Lipinski definition) is 7. The molecule has 0 N–H and O–H groups in total. The molecule has 25 heteroatoms. The van der Waals surface area contributed by atoms with Crippen LogP contribution in [0.15, 0.2) is 78.5 Å². The molecule has 6 heterocycles. The van der Waals surface area contributed by atoms with Gasteiger partial charge in [-0.05, 0) is 48.5 Å². The minimum atomic E-state index is -2.26. The molecule has 10 aromatic rings. The second-order valence-corrected chi connectivity index (χ2v) is 16.7. The van der Waals surface area contributed by atoms with Crippen molar-refractivity contribution in [1.29, 1.82) is 0 Å². The molecule has 358 valence electrons. The van der Waals surface area contributed by atoms with Gasteiger partial charge in [0.05, 0.1) is 0 Å². The summed E-state index contributed by atoms with van der Waals surface area (Å²) < 4.78 is 245. The SMILES string of the molecule is Fc1c(F)c(F)c2cc3c(cc2c1F)C1=NC3=Nc2c3cc4c(F)c(F)c(F)c(F)c4cc3c3n2On2c(c4cc5c(F)c(F)c(F)c(F)c5cc4c2=NC2=NC(=N3)c3cc4c(F)c(F)c(F)c(F)c4cc32)=N1. The molecule has 0 spiro atoms. The summed E-state index contributed by atoms with van der Waals surface area (Å²) in [5.74, 6) is -36.8. The van der Waals surface area contributed by atoms with Gasteiger partial charge >= 0.3 is 0 Å². The molecule has 0 saturated heterocycles. The van der Waals surface area contributed by atoms with E-state index in [2.05, 4.69) is 30.0 Å². The summed E-state index contributed by atoms with van der Waals surface area (Å²) in [5, 5.41) is -8.98. The Morgan fingerprint density at radius 1 is 0.233 bits per heavy atom. The quantitative estimate of drug-likeness (QED) is 0.0845. The van der Waals surface area contributed by atoms with Crippen LogP contribution in [0, 0.1) is 93.1 Å². The number of fused-ring (bicyclic) bond motifs is 18. The average Bonchev–Trinajstić information content (AvgIpc) is 4.08. The Bertz CT molecular complexity index is 4500. The summed E-state index contributed by atoms with van der Waals surface area (Å²) in [4.78, 5) is 33.4. The van der Waals surface area contributed by atoms with Crippen molar-refractivity contribution in [1.82, 2.24) is 9.46 Å². The summed E-state index contributed by atoms with van der Waals surface area (Å²) in [6.45, 7) is 0. The standard InChI is InChI=1S/C48H8F16N8O/c49-25-9-1-17-18(2-10(9)26(50)34(58)33(25)57)42-65-41(17)67-45-21-5-13-14(30(54)38(62)37(61)29(13)53)6-22(21)47-69-43-19-3-11-12(28(52)36(60)35(59)27(11)51)4-20(19)44(66-43)70-48-24-8-16-15(31(55)39(63)40(64)32(16)56)7-23(24)46(68-42)72(48)73-71(45)47/h1-8H. The van der Waals surface area contributed by atoms with Gasteiger partial charge in [0.2, 0.25) is 0 Å². The number of aromatic nitrogens is 2. The van der Waals surface area contributed by atoms with Crippen LogP contribution in [-0.2, 0) is 0 Å². The molecule has 0 saturated carbocycles. The number of nitrogens with zero attached hydrogens (tertiary/aromatic N) is 8. The summed E-state index contributed by atoms with van der Waals surface area (Å²) >= 11 is 0. The van der Waals surface area contributed by atoms with Gasteiger partial charge in [0.1, 0.15) is 0 Å².